The molecular weight excluding hydrogens is 258 g/mol. The summed E-state index contributed by atoms with van der Waals surface area (Å²) in [4.78, 5) is 4.38. The van der Waals surface area contributed by atoms with E-state index in [-0.39, 0.29) is 0 Å². The van der Waals surface area contributed by atoms with Gasteiger partial charge in [0.15, 0.2) is 5.65 Å². The summed E-state index contributed by atoms with van der Waals surface area (Å²) in [6.07, 6.45) is 4.68. The Balaban J connectivity index is 2.11. The van der Waals surface area contributed by atoms with E-state index in [9.17, 15) is 0 Å². The molecule has 0 aliphatic carbocycles. The first kappa shape index (κ1) is 9.30. The topological polar surface area (TPSA) is 39.9 Å². The van der Waals surface area contributed by atoms with Crippen molar-refractivity contribution in [2.45, 2.75) is 12.5 Å². The minimum atomic E-state index is 0.344. The Morgan fingerprint density at radius 3 is 3.20 bits per heavy atom. The van der Waals surface area contributed by atoms with Gasteiger partial charge in [0.05, 0.1) is 18.8 Å². The summed E-state index contributed by atoms with van der Waals surface area (Å²) in [5.41, 5.74) is 0.939. The zero-order valence-electron chi connectivity index (χ0n) is 8.06. The van der Waals surface area contributed by atoms with Crippen molar-refractivity contribution in [3.05, 3.63) is 22.9 Å². The molecule has 1 atom stereocenters. The first-order valence-electron chi connectivity index (χ1n) is 4.91. The molecule has 15 heavy (non-hydrogen) atoms. The van der Waals surface area contributed by atoms with Gasteiger partial charge >= 0.3 is 0 Å². The third-order valence-corrected chi connectivity index (χ3v) is 3.09. The number of hydrogen-bond acceptors (Lipinski definition) is 3. The number of pyridine rings is 1. The lowest BCUT2D eigenvalue weighted by molar-refractivity contribution is 0.185. The summed E-state index contributed by atoms with van der Waals surface area (Å²) in [6, 6.07) is 2.37. The van der Waals surface area contributed by atoms with Crippen molar-refractivity contribution in [3.8, 4) is 0 Å². The van der Waals surface area contributed by atoms with E-state index < -0.39 is 0 Å². The van der Waals surface area contributed by atoms with Crippen molar-refractivity contribution < 1.29 is 4.74 Å². The van der Waals surface area contributed by atoms with E-state index in [1.165, 1.54) is 0 Å². The third kappa shape index (κ3) is 1.55. The van der Waals surface area contributed by atoms with Crippen LogP contribution in [0.25, 0.3) is 11.0 Å². The molecule has 1 aliphatic heterocycles. The maximum atomic E-state index is 5.36. The SMILES string of the molecule is Brc1cnc2c(cnn2C2CCOC2)c1. The third-order valence-electron chi connectivity index (χ3n) is 2.65. The zero-order valence-corrected chi connectivity index (χ0v) is 9.64. The first-order valence-corrected chi connectivity index (χ1v) is 5.70. The van der Waals surface area contributed by atoms with Gasteiger partial charge in [-0.25, -0.2) is 9.67 Å². The fourth-order valence-electron chi connectivity index (χ4n) is 1.90. The number of rotatable bonds is 1. The summed E-state index contributed by atoms with van der Waals surface area (Å²) in [6.45, 7) is 1.57. The van der Waals surface area contributed by atoms with Gasteiger partial charge in [-0.15, -0.1) is 0 Å². The molecule has 0 spiro atoms. The number of aromatic nitrogens is 3. The lowest BCUT2D eigenvalue weighted by atomic mass is 10.2. The van der Waals surface area contributed by atoms with E-state index in [2.05, 4.69) is 26.0 Å². The van der Waals surface area contributed by atoms with Crippen molar-refractivity contribution in [1.82, 2.24) is 14.8 Å². The largest absolute Gasteiger partial charge is 0.379 e. The molecule has 1 aliphatic rings. The van der Waals surface area contributed by atoms with Gasteiger partial charge in [0.2, 0.25) is 0 Å². The maximum absolute atomic E-state index is 5.36. The number of ether oxygens (including phenoxy) is 1. The summed E-state index contributed by atoms with van der Waals surface area (Å²) in [7, 11) is 0. The minimum Gasteiger partial charge on any atom is -0.379 e. The Morgan fingerprint density at radius 2 is 2.40 bits per heavy atom. The molecule has 1 unspecified atom stereocenters. The van der Waals surface area contributed by atoms with Crippen LogP contribution in [0.4, 0.5) is 0 Å². The van der Waals surface area contributed by atoms with Crippen LogP contribution in [0.2, 0.25) is 0 Å². The number of fused-ring (bicyclic) bond motifs is 1. The molecule has 2 aromatic rings. The molecule has 0 saturated carbocycles. The van der Waals surface area contributed by atoms with Gasteiger partial charge in [0.1, 0.15) is 0 Å². The van der Waals surface area contributed by atoms with Gasteiger partial charge in [-0.3, -0.25) is 0 Å². The van der Waals surface area contributed by atoms with Crippen LogP contribution in [0.1, 0.15) is 12.5 Å². The highest BCUT2D eigenvalue weighted by Gasteiger charge is 2.20. The van der Waals surface area contributed by atoms with Crippen molar-refractivity contribution in [2.24, 2.45) is 0 Å². The molecule has 1 fully saturated rings. The van der Waals surface area contributed by atoms with Crippen LogP contribution in [-0.4, -0.2) is 28.0 Å². The highest BCUT2D eigenvalue weighted by molar-refractivity contribution is 9.10. The lowest BCUT2D eigenvalue weighted by Gasteiger charge is -2.08. The predicted molar refractivity (Wildman–Crippen MR) is 59.7 cm³/mol. The highest BCUT2D eigenvalue weighted by Crippen LogP contribution is 2.23. The molecular formula is C10H10BrN3O. The van der Waals surface area contributed by atoms with Crippen LogP contribution in [0.15, 0.2) is 22.9 Å². The summed E-state index contributed by atoms with van der Waals surface area (Å²) in [5.74, 6) is 0. The maximum Gasteiger partial charge on any atom is 0.158 e. The summed E-state index contributed by atoms with van der Waals surface area (Å²) >= 11 is 3.40. The standard InChI is InChI=1S/C10H10BrN3O/c11-8-3-7-4-13-14(10(7)12-5-8)9-1-2-15-6-9/h3-5,9H,1-2,6H2. The number of hydrogen-bond donors (Lipinski definition) is 0. The van der Waals surface area contributed by atoms with Gasteiger partial charge < -0.3 is 4.74 Å². The summed E-state index contributed by atoms with van der Waals surface area (Å²) in [5, 5.41) is 5.44. The normalized spacial score (nSPS) is 21.3. The second kappa shape index (κ2) is 3.57. The Morgan fingerprint density at radius 1 is 1.47 bits per heavy atom. The van der Waals surface area contributed by atoms with E-state index in [0.717, 1.165) is 35.1 Å². The van der Waals surface area contributed by atoms with E-state index in [1.807, 2.05) is 16.9 Å². The van der Waals surface area contributed by atoms with Crippen molar-refractivity contribution >= 4 is 27.0 Å². The Labute approximate surface area is 95.4 Å². The Hall–Kier alpha value is -0.940. The second-order valence-electron chi connectivity index (χ2n) is 3.67. The molecule has 5 heteroatoms. The zero-order chi connectivity index (χ0) is 10.3. The van der Waals surface area contributed by atoms with E-state index >= 15 is 0 Å². The van der Waals surface area contributed by atoms with Crippen molar-refractivity contribution in [1.29, 1.82) is 0 Å². The molecule has 3 heterocycles. The number of nitrogens with zero attached hydrogens (tertiary/aromatic N) is 3. The fraction of sp³-hybridized carbons (Fsp3) is 0.400. The molecule has 3 rings (SSSR count). The number of halogens is 1. The van der Waals surface area contributed by atoms with Crippen molar-refractivity contribution in [2.75, 3.05) is 13.2 Å². The first-order chi connectivity index (χ1) is 7.34. The Kier molecular flexibility index (Phi) is 2.21. The van der Waals surface area contributed by atoms with Crippen LogP contribution >= 0.6 is 15.9 Å². The van der Waals surface area contributed by atoms with Gasteiger partial charge in [0, 0.05) is 22.7 Å². The summed E-state index contributed by atoms with van der Waals surface area (Å²) < 4.78 is 8.31. The smallest absolute Gasteiger partial charge is 0.158 e. The monoisotopic (exact) mass is 267 g/mol. The van der Waals surface area contributed by atoms with Crippen LogP contribution in [0, 0.1) is 0 Å². The molecule has 4 nitrogen and oxygen atoms in total. The molecule has 0 N–H and O–H groups in total. The fourth-order valence-corrected chi connectivity index (χ4v) is 2.24. The molecule has 1 saturated heterocycles. The van der Waals surface area contributed by atoms with E-state index in [4.69, 9.17) is 4.74 Å². The molecule has 0 aromatic carbocycles. The molecule has 0 radical (unpaired) electrons. The second-order valence-corrected chi connectivity index (χ2v) is 4.59. The van der Waals surface area contributed by atoms with Gasteiger partial charge in [-0.05, 0) is 28.4 Å². The Bertz CT molecular complexity index is 490. The van der Waals surface area contributed by atoms with Crippen molar-refractivity contribution in [3.63, 3.8) is 0 Å². The quantitative estimate of drug-likeness (QED) is 0.795. The molecule has 0 amide bonds. The van der Waals surface area contributed by atoms with E-state index in [0.29, 0.717) is 6.04 Å². The van der Waals surface area contributed by atoms with E-state index in [1.54, 1.807) is 6.20 Å². The van der Waals surface area contributed by atoms with Crippen LogP contribution in [-0.2, 0) is 4.74 Å². The predicted octanol–water partition coefficient (Wildman–Crippen LogP) is 2.16. The molecule has 0 bridgehead atoms. The minimum absolute atomic E-state index is 0.344. The van der Waals surface area contributed by atoms with Crippen LogP contribution in [0.3, 0.4) is 0 Å². The van der Waals surface area contributed by atoms with Crippen LogP contribution < -0.4 is 0 Å². The van der Waals surface area contributed by atoms with Gasteiger partial charge in [-0.1, -0.05) is 0 Å². The average molecular weight is 268 g/mol. The molecule has 2 aromatic heterocycles. The average Bonchev–Trinajstić information content (AvgIpc) is 2.82. The molecule has 78 valence electrons. The highest BCUT2D eigenvalue weighted by atomic mass is 79.9. The van der Waals surface area contributed by atoms with Crippen LogP contribution in [0.5, 0.6) is 0 Å². The lowest BCUT2D eigenvalue weighted by Crippen LogP contribution is -2.10. The van der Waals surface area contributed by atoms with Gasteiger partial charge in [0.25, 0.3) is 0 Å². The van der Waals surface area contributed by atoms with Gasteiger partial charge in [-0.2, -0.15) is 5.10 Å².